The topological polar surface area (TPSA) is 125 Å². The summed E-state index contributed by atoms with van der Waals surface area (Å²) in [4.78, 5) is 9.10. The van der Waals surface area contributed by atoms with Gasteiger partial charge in [0.25, 0.3) is 10.0 Å². The molecule has 1 aromatic heterocycles. The molecule has 12 heteroatoms. The molecule has 1 atom stereocenters. The monoisotopic (exact) mass is 516 g/mol. The maximum atomic E-state index is 13.3. The number of hydrogen-bond donors (Lipinski definition) is 3. The Morgan fingerprint density at radius 3 is 2.63 bits per heavy atom. The van der Waals surface area contributed by atoms with Crippen LogP contribution in [-0.4, -0.2) is 47.7 Å². The van der Waals surface area contributed by atoms with Crippen LogP contribution in [0.3, 0.4) is 0 Å². The maximum Gasteiger partial charge on any atom is 0.261 e. The standard InChI is InChI=1S/C18H25BrN6O3S2/c1-3-10-30(27,28)25-29(2,26)16-7-6-13-11-15(16)20-8-4-5-9-21-17-14(19)12-22-18(23-13)24-17/h6-7,11-12,20H,3-5,8-10H2,1-2H3,(H2,21,22,23,24). The molecule has 0 fully saturated rings. The number of anilines is 4. The lowest BCUT2D eigenvalue weighted by atomic mass is 10.2. The summed E-state index contributed by atoms with van der Waals surface area (Å²) in [6.07, 6.45) is 5.18. The van der Waals surface area contributed by atoms with Gasteiger partial charge in [-0.2, -0.15) is 4.98 Å². The second-order valence-corrected chi connectivity index (χ2v) is 12.0. The van der Waals surface area contributed by atoms with Crippen molar-refractivity contribution in [2.75, 3.05) is 41.0 Å². The molecule has 30 heavy (non-hydrogen) atoms. The highest BCUT2D eigenvalue weighted by atomic mass is 79.9. The molecule has 1 aliphatic rings. The van der Waals surface area contributed by atoms with Crippen LogP contribution < -0.4 is 16.0 Å². The first-order chi connectivity index (χ1) is 14.2. The molecule has 2 heterocycles. The van der Waals surface area contributed by atoms with Crippen molar-refractivity contribution in [1.82, 2.24) is 9.97 Å². The van der Waals surface area contributed by atoms with Gasteiger partial charge in [-0.1, -0.05) is 6.92 Å². The number of nitrogens with zero attached hydrogens (tertiary/aromatic N) is 3. The fourth-order valence-corrected chi connectivity index (χ4v) is 7.05. The average Bonchev–Trinajstić information content (AvgIpc) is 2.66. The number of sulfonamides is 1. The first-order valence-corrected chi connectivity index (χ1v) is 13.9. The largest absolute Gasteiger partial charge is 0.384 e. The molecule has 0 saturated carbocycles. The van der Waals surface area contributed by atoms with E-state index in [0.29, 0.717) is 41.0 Å². The van der Waals surface area contributed by atoms with Gasteiger partial charge in [0.05, 0.1) is 30.5 Å². The minimum atomic E-state index is -3.77. The van der Waals surface area contributed by atoms with Crippen molar-refractivity contribution >= 4 is 58.8 Å². The van der Waals surface area contributed by atoms with Crippen molar-refractivity contribution in [1.29, 1.82) is 0 Å². The van der Waals surface area contributed by atoms with Crippen LogP contribution in [0.15, 0.2) is 37.5 Å². The Kier molecular flexibility index (Phi) is 7.19. The summed E-state index contributed by atoms with van der Waals surface area (Å²) in [6.45, 7) is 3.12. The lowest BCUT2D eigenvalue weighted by Crippen LogP contribution is -2.11. The van der Waals surface area contributed by atoms with E-state index < -0.39 is 19.8 Å². The number of aromatic nitrogens is 2. The lowest BCUT2D eigenvalue weighted by molar-refractivity contribution is 0.596. The minimum absolute atomic E-state index is 0.129. The highest BCUT2D eigenvalue weighted by Crippen LogP contribution is 2.29. The predicted molar refractivity (Wildman–Crippen MR) is 125 cm³/mol. The first-order valence-electron chi connectivity index (χ1n) is 9.58. The normalized spacial score (nSPS) is 16.4. The molecule has 0 radical (unpaired) electrons. The highest BCUT2D eigenvalue weighted by Gasteiger charge is 2.18. The molecule has 0 saturated heterocycles. The summed E-state index contributed by atoms with van der Waals surface area (Å²) in [7, 11) is -6.92. The molecule has 0 aliphatic carbocycles. The van der Waals surface area contributed by atoms with Crippen molar-refractivity contribution in [3.63, 3.8) is 0 Å². The third-order valence-electron chi connectivity index (χ3n) is 4.32. The number of fused-ring (bicyclic) bond motifs is 4. The van der Waals surface area contributed by atoms with E-state index in [1.54, 1.807) is 31.3 Å². The Balaban J connectivity index is 2.04. The van der Waals surface area contributed by atoms with E-state index in [4.69, 9.17) is 0 Å². The summed E-state index contributed by atoms with van der Waals surface area (Å²) in [5.41, 5.74) is 1.26. The zero-order valence-corrected chi connectivity index (χ0v) is 20.0. The molecule has 3 rings (SSSR count). The van der Waals surface area contributed by atoms with E-state index in [2.05, 4.69) is 45.6 Å². The molecule has 2 aromatic rings. The Hall–Kier alpha value is -1.92. The van der Waals surface area contributed by atoms with Crippen molar-refractivity contribution in [2.45, 2.75) is 31.1 Å². The molecule has 0 amide bonds. The summed E-state index contributed by atoms with van der Waals surface area (Å²) >= 11 is 3.44. The maximum absolute atomic E-state index is 13.3. The first kappa shape index (κ1) is 22.8. The summed E-state index contributed by atoms with van der Waals surface area (Å²) in [5, 5.41) is 9.69. The molecule has 0 spiro atoms. The van der Waals surface area contributed by atoms with Gasteiger partial charge < -0.3 is 16.0 Å². The minimum Gasteiger partial charge on any atom is -0.384 e. The fourth-order valence-electron chi connectivity index (χ4n) is 2.99. The van der Waals surface area contributed by atoms with E-state index >= 15 is 0 Å². The van der Waals surface area contributed by atoms with Crippen LogP contribution in [0.2, 0.25) is 0 Å². The van der Waals surface area contributed by atoms with Gasteiger partial charge in [0.1, 0.15) is 5.82 Å². The van der Waals surface area contributed by atoms with Gasteiger partial charge >= 0.3 is 0 Å². The van der Waals surface area contributed by atoms with Crippen LogP contribution in [0, 0.1) is 0 Å². The van der Waals surface area contributed by atoms with Gasteiger partial charge in [0.15, 0.2) is 0 Å². The van der Waals surface area contributed by atoms with Gasteiger partial charge in [-0.05, 0) is 53.4 Å². The zero-order valence-electron chi connectivity index (χ0n) is 16.8. The Morgan fingerprint density at radius 2 is 1.90 bits per heavy atom. The SMILES string of the molecule is CCCS(=O)(=O)N=S(C)(=O)c1ccc2cc1NCCCCNc1nc(ncc1Br)N2. The predicted octanol–water partition coefficient (Wildman–Crippen LogP) is 3.80. The molecule has 9 nitrogen and oxygen atoms in total. The van der Waals surface area contributed by atoms with Crippen LogP contribution in [0.4, 0.5) is 23.1 Å². The summed E-state index contributed by atoms with van der Waals surface area (Å²) in [5.74, 6) is 0.982. The third kappa shape index (κ3) is 5.82. The van der Waals surface area contributed by atoms with E-state index in [0.717, 1.165) is 23.9 Å². The van der Waals surface area contributed by atoms with E-state index in [-0.39, 0.29) is 5.75 Å². The van der Waals surface area contributed by atoms with E-state index in [9.17, 15) is 12.6 Å². The van der Waals surface area contributed by atoms with Crippen LogP contribution in [0.5, 0.6) is 0 Å². The number of benzene rings is 1. The number of nitrogens with one attached hydrogen (secondary N) is 3. The average molecular weight is 517 g/mol. The molecule has 1 aliphatic heterocycles. The lowest BCUT2D eigenvalue weighted by Gasteiger charge is -2.15. The van der Waals surface area contributed by atoms with Gasteiger partial charge in [0.2, 0.25) is 5.95 Å². The number of halogens is 1. The molecular weight excluding hydrogens is 492 g/mol. The van der Waals surface area contributed by atoms with Gasteiger partial charge in [0, 0.05) is 31.2 Å². The molecule has 164 valence electrons. The van der Waals surface area contributed by atoms with Crippen LogP contribution in [0.1, 0.15) is 26.2 Å². The van der Waals surface area contributed by atoms with Gasteiger partial charge in [-0.15, -0.1) is 3.77 Å². The van der Waals surface area contributed by atoms with Crippen molar-refractivity contribution in [2.24, 2.45) is 3.77 Å². The van der Waals surface area contributed by atoms with E-state index in [1.807, 2.05) is 0 Å². The summed E-state index contributed by atoms with van der Waals surface area (Å²) in [6, 6.07) is 5.12. The van der Waals surface area contributed by atoms with Crippen molar-refractivity contribution < 1.29 is 12.6 Å². The molecular formula is C18H25BrN6O3S2. The Morgan fingerprint density at radius 1 is 1.17 bits per heavy atom. The van der Waals surface area contributed by atoms with Crippen molar-refractivity contribution in [3.8, 4) is 0 Å². The number of hydrogen-bond acceptors (Lipinski definition) is 8. The molecule has 4 bridgehead atoms. The van der Waals surface area contributed by atoms with Gasteiger partial charge in [-0.25, -0.2) is 17.6 Å². The zero-order chi connectivity index (χ0) is 21.8. The van der Waals surface area contributed by atoms with Crippen LogP contribution >= 0.6 is 15.9 Å². The van der Waals surface area contributed by atoms with Crippen LogP contribution in [0.25, 0.3) is 0 Å². The molecule has 1 unspecified atom stereocenters. The second kappa shape index (κ2) is 9.48. The van der Waals surface area contributed by atoms with Gasteiger partial charge in [-0.3, -0.25) is 0 Å². The second-order valence-electron chi connectivity index (χ2n) is 6.95. The Bertz CT molecular complexity index is 1150. The third-order valence-corrected chi connectivity index (χ3v) is 9.04. The highest BCUT2D eigenvalue weighted by molar-refractivity contribution is 9.10. The quantitative estimate of drug-likeness (QED) is 0.560. The molecule has 3 N–H and O–H groups in total. The fraction of sp³-hybridized carbons (Fsp3) is 0.444. The molecule has 1 aromatic carbocycles. The van der Waals surface area contributed by atoms with E-state index in [1.165, 1.54) is 6.26 Å². The van der Waals surface area contributed by atoms with Crippen molar-refractivity contribution in [3.05, 3.63) is 28.9 Å². The Labute approximate surface area is 185 Å². The summed E-state index contributed by atoms with van der Waals surface area (Å²) < 4.78 is 42.1. The number of rotatable bonds is 4. The smallest absolute Gasteiger partial charge is 0.261 e. The van der Waals surface area contributed by atoms with Crippen LogP contribution in [-0.2, 0) is 19.8 Å².